The summed E-state index contributed by atoms with van der Waals surface area (Å²) in [5.41, 5.74) is 1.31. The molecule has 1 aromatic carbocycles. The van der Waals surface area contributed by atoms with Gasteiger partial charge in [0.1, 0.15) is 5.82 Å². The normalized spacial score (nSPS) is 21.1. The number of piperazine rings is 1. The maximum atomic E-state index is 13.0. The molecule has 2 aliphatic rings. The molecule has 2 aliphatic heterocycles. The van der Waals surface area contributed by atoms with E-state index in [1.165, 1.54) is 12.1 Å². The van der Waals surface area contributed by atoms with E-state index in [2.05, 4.69) is 27.0 Å². The minimum absolute atomic E-state index is 0.189. The van der Waals surface area contributed by atoms with Gasteiger partial charge in [-0.3, -0.25) is 4.99 Å². The molecular weight excluding hydrogens is 295 g/mol. The zero-order valence-corrected chi connectivity index (χ0v) is 13.9. The van der Waals surface area contributed by atoms with Gasteiger partial charge >= 0.3 is 0 Å². The molecule has 6 heteroatoms. The van der Waals surface area contributed by atoms with E-state index in [1.54, 1.807) is 0 Å². The molecule has 5 nitrogen and oxygen atoms in total. The van der Waals surface area contributed by atoms with Gasteiger partial charge in [0.2, 0.25) is 0 Å². The van der Waals surface area contributed by atoms with Crippen LogP contribution in [0.3, 0.4) is 0 Å². The second-order valence-electron chi connectivity index (χ2n) is 6.65. The molecule has 2 heterocycles. The number of ether oxygens (including phenoxy) is 1. The van der Waals surface area contributed by atoms with Gasteiger partial charge in [0.25, 0.3) is 0 Å². The first-order valence-corrected chi connectivity index (χ1v) is 8.13. The molecule has 3 rings (SSSR count). The van der Waals surface area contributed by atoms with Crippen molar-refractivity contribution < 1.29 is 9.13 Å². The minimum atomic E-state index is -0.189. The number of nitrogens with zero attached hydrogens (tertiary/aromatic N) is 3. The Labute approximate surface area is 137 Å². The molecule has 1 aromatic rings. The fourth-order valence-corrected chi connectivity index (χ4v) is 3.01. The Morgan fingerprint density at radius 3 is 2.39 bits per heavy atom. The van der Waals surface area contributed by atoms with Crippen molar-refractivity contribution in [1.82, 2.24) is 10.2 Å². The lowest BCUT2D eigenvalue weighted by molar-refractivity contribution is -0.0972. The molecule has 1 N–H and O–H groups in total. The second-order valence-corrected chi connectivity index (χ2v) is 6.65. The molecule has 126 valence electrons. The zero-order chi connectivity index (χ0) is 16.3. The molecule has 0 spiro atoms. The van der Waals surface area contributed by atoms with E-state index in [0.29, 0.717) is 0 Å². The highest BCUT2D eigenvalue weighted by molar-refractivity contribution is 5.80. The molecule has 0 unspecified atom stereocenters. The Morgan fingerprint density at radius 1 is 1.22 bits per heavy atom. The lowest BCUT2D eigenvalue weighted by Gasteiger charge is -2.41. The van der Waals surface area contributed by atoms with E-state index in [4.69, 9.17) is 4.74 Å². The van der Waals surface area contributed by atoms with Crippen molar-refractivity contribution in [2.75, 3.05) is 57.9 Å². The number of halogens is 1. The van der Waals surface area contributed by atoms with Gasteiger partial charge in [-0.05, 0) is 24.3 Å². The van der Waals surface area contributed by atoms with E-state index < -0.39 is 0 Å². The van der Waals surface area contributed by atoms with Gasteiger partial charge in [0.15, 0.2) is 5.96 Å². The fourth-order valence-electron chi connectivity index (χ4n) is 3.01. The number of hydrogen-bond acceptors (Lipinski definition) is 3. The fraction of sp³-hybridized carbons (Fsp3) is 0.588. The van der Waals surface area contributed by atoms with Gasteiger partial charge in [0.05, 0.1) is 13.2 Å². The summed E-state index contributed by atoms with van der Waals surface area (Å²) in [6, 6.07) is 6.72. The van der Waals surface area contributed by atoms with Crippen LogP contribution in [0.4, 0.5) is 10.1 Å². The summed E-state index contributed by atoms with van der Waals surface area (Å²) < 4.78 is 18.3. The van der Waals surface area contributed by atoms with Gasteiger partial charge in [0, 0.05) is 50.9 Å². The van der Waals surface area contributed by atoms with Crippen LogP contribution < -0.4 is 10.2 Å². The van der Waals surface area contributed by atoms with Crippen molar-refractivity contribution >= 4 is 11.6 Å². The number of anilines is 1. The molecule has 0 bridgehead atoms. The highest BCUT2D eigenvalue weighted by Crippen LogP contribution is 2.25. The highest BCUT2D eigenvalue weighted by atomic mass is 19.1. The van der Waals surface area contributed by atoms with Crippen molar-refractivity contribution in [2.24, 2.45) is 10.4 Å². The lowest BCUT2D eigenvalue weighted by atomic mass is 9.89. The zero-order valence-electron chi connectivity index (χ0n) is 13.9. The summed E-state index contributed by atoms with van der Waals surface area (Å²) in [5.74, 6) is 0.766. The topological polar surface area (TPSA) is 40.1 Å². The van der Waals surface area contributed by atoms with Gasteiger partial charge in [-0.25, -0.2) is 4.39 Å². The quantitative estimate of drug-likeness (QED) is 0.678. The summed E-state index contributed by atoms with van der Waals surface area (Å²) in [5, 5.41) is 3.47. The summed E-state index contributed by atoms with van der Waals surface area (Å²) in [7, 11) is 1.83. The summed E-state index contributed by atoms with van der Waals surface area (Å²) >= 11 is 0. The van der Waals surface area contributed by atoms with Crippen molar-refractivity contribution in [1.29, 1.82) is 0 Å². The van der Waals surface area contributed by atoms with Crippen LogP contribution in [0.15, 0.2) is 29.3 Å². The monoisotopic (exact) mass is 320 g/mol. The lowest BCUT2D eigenvalue weighted by Crippen LogP contribution is -2.56. The van der Waals surface area contributed by atoms with Crippen LogP contribution in [0.25, 0.3) is 0 Å². The van der Waals surface area contributed by atoms with E-state index >= 15 is 0 Å². The molecule has 0 saturated carbocycles. The van der Waals surface area contributed by atoms with Gasteiger partial charge in [-0.2, -0.15) is 0 Å². The Hall–Kier alpha value is -1.82. The van der Waals surface area contributed by atoms with E-state index in [1.807, 2.05) is 19.2 Å². The Morgan fingerprint density at radius 2 is 1.87 bits per heavy atom. The third-order valence-electron chi connectivity index (χ3n) is 4.56. The van der Waals surface area contributed by atoms with Crippen LogP contribution in [0.2, 0.25) is 0 Å². The Bertz CT molecular complexity index is 548. The average molecular weight is 320 g/mol. The number of aliphatic imine (C=N–C) groups is 1. The summed E-state index contributed by atoms with van der Waals surface area (Å²) in [4.78, 5) is 8.97. The highest BCUT2D eigenvalue weighted by Gasteiger charge is 2.33. The van der Waals surface area contributed by atoms with Crippen LogP contribution in [0.5, 0.6) is 0 Å². The number of rotatable bonds is 3. The van der Waals surface area contributed by atoms with Gasteiger partial charge in [-0.1, -0.05) is 6.92 Å². The van der Waals surface area contributed by atoms with E-state index in [9.17, 15) is 4.39 Å². The van der Waals surface area contributed by atoms with Crippen LogP contribution >= 0.6 is 0 Å². The Kier molecular flexibility index (Phi) is 4.71. The van der Waals surface area contributed by atoms with Gasteiger partial charge in [-0.15, -0.1) is 0 Å². The van der Waals surface area contributed by atoms with Crippen LogP contribution in [-0.4, -0.2) is 63.8 Å². The van der Waals surface area contributed by atoms with Crippen molar-refractivity contribution in [3.8, 4) is 0 Å². The van der Waals surface area contributed by atoms with Crippen LogP contribution in [0.1, 0.15) is 6.92 Å². The van der Waals surface area contributed by atoms with Gasteiger partial charge < -0.3 is 19.9 Å². The van der Waals surface area contributed by atoms with Crippen molar-refractivity contribution in [3.05, 3.63) is 30.1 Å². The number of benzene rings is 1. The predicted molar refractivity (Wildman–Crippen MR) is 90.5 cm³/mol. The average Bonchev–Trinajstić information content (AvgIpc) is 2.55. The van der Waals surface area contributed by atoms with E-state index in [-0.39, 0.29) is 11.2 Å². The predicted octanol–water partition coefficient (Wildman–Crippen LogP) is 1.56. The van der Waals surface area contributed by atoms with Crippen molar-refractivity contribution in [2.45, 2.75) is 6.92 Å². The smallest absolute Gasteiger partial charge is 0.193 e. The van der Waals surface area contributed by atoms with Crippen molar-refractivity contribution in [3.63, 3.8) is 0 Å². The molecule has 0 aliphatic carbocycles. The summed E-state index contributed by atoms with van der Waals surface area (Å²) in [6.07, 6.45) is 0. The standard InChI is InChI=1S/C17H25FN4O/c1-17(12-23-13-17)11-20-16(19-2)22-9-7-21(8-10-22)15-5-3-14(18)4-6-15/h3-6H,7-13H2,1-2H3,(H,19,20). The Balaban J connectivity index is 1.51. The summed E-state index contributed by atoms with van der Waals surface area (Å²) in [6.45, 7) is 8.37. The minimum Gasteiger partial charge on any atom is -0.380 e. The van der Waals surface area contributed by atoms with Crippen LogP contribution in [-0.2, 0) is 4.74 Å². The molecule has 0 amide bonds. The molecular formula is C17H25FN4O. The first kappa shape index (κ1) is 16.1. The molecule has 0 aromatic heterocycles. The first-order chi connectivity index (χ1) is 11.1. The molecule has 2 fully saturated rings. The van der Waals surface area contributed by atoms with E-state index in [0.717, 1.165) is 57.6 Å². The molecule has 23 heavy (non-hydrogen) atoms. The maximum absolute atomic E-state index is 13.0. The largest absolute Gasteiger partial charge is 0.380 e. The third kappa shape index (κ3) is 3.75. The van der Waals surface area contributed by atoms with Crippen LogP contribution in [0, 0.1) is 11.2 Å². The number of guanidine groups is 1. The first-order valence-electron chi connectivity index (χ1n) is 8.13. The maximum Gasteiger partial charge on any atom is 0.193 e. The number of hydrogen-bond donors (Lipinski definition) is 1. The molecule has 0 radical (unpaired) electrons. The second kappa shape index (κ2) is 6.74. The molecule has 2 saturated heterocycles. The third-order valence-corrected chi connectivity index (χ3v) is 4.56. The SMILES string of the molecule is CN=C(NCC1(C)COC1)N1CCN(c2ccc(F)cc2)CC1. The number of nitrogens with one attached hydrogen (secondary N) is 1. The molecule has 0 atom stereocenters.